The Morgan fingerprint density at radius 2 is 1.81 bits per heavy atom. The molecule has 1 saturated heterocycles. The molecule has 1 N–H and O–H groups in total. The van der Waals surface area contributed by atoms with Crippen molar-refractivity contribution in [3.05, 3.63) is 54.1 Å². The van der Waals surface area contributed by atoms with Crippen molar-refractivity contribution in [2.24, 2.45) is 0 Å². The summed E-state index contributed by atoms with van der Waals surface area (Å²) in [7, 11) is -3.43. The first-order chi connectivity index (χ1) is 14.9. The van der Waals surface area contributed by atoms with Gasteiger partial charge in [0.25, 0.3) is 5.91 Å². The predicted octanol–water partition coefficient (Wildman–Crippen LogP) is 3.13. The minimum Gasteiger partial charge on any atom is -0.492 e. The lowest BCUT2D eigenvalue weighted by atomic mass is 10.2. The Bertz CT molecular complexity index is 970. The SMILES string of the molecule is CC[C@@H](Oc1cccc(C)c1)C(=O)NCCOc1ccc(S(=O)(=O)N2CCCC2)cc1. The van der Waals surface area contributed by atoms with Crippen LogP contribution < -0.4 is 14.8 Å². The van der Waals surface area contributed by atoms with Crippen LogP contribution in [0.25, 0.3) is 0 Å². The Kier molecular flexibility index (Phi) is 7.92. The van der Waals surface area contributed by atoms with Crippen LogP contribution in [0.1, 0.15) is 31.7 Å². The van der Waals surface area contributed by atoms with Gasteiger partial charge in [0, 0.05) is 13.1 Å². The number of nitrogens with zero attached hydrogens (tertiary/aromatic N) is 1. The van der Waals surface area contributed by atoms with E-state index in [-0.39, 0.29) is 17.4 Å². The summed E-state index contributed by atoms with van der Waals surface area (Å²) in [5.41, 5.74) is 1.07. The summed E-state index contributed by atoms with van der Waals surface area (Å²) in [6.45, 7) is 5.61. The first-order valence-electron chi connectivity index (χ1n) is 10.6. The molecule has 2 aromatic rings. The molecule has 1 fully saturated rings. The molecule has 31 heavy (non-hydrogen) atoms. The maximum Gasteiger partial charge on any atom is 0.261 e. The molecule has 0 bridgehead atoms. The van der Waals surface area contributed by atoms with Gasteiger partial charge >= 0.3 is 0 Å². The first kappa shape index (κ1) is 23.1. The fourth-order valence-electron chi connectivity index (χ4n) is 3.42. The summed E-state index contributed by atoms with van der Waals surface area (Å²) in [5.74, 6) is 1.03. The van der Waals surface area contributed by atoms with Crippen LogP contribution in [-0.4, -0.2) is 51.0 Å². The van der Waals surface area contributed by atoms with Crippen molar-refractivity contribution in [1.82, 2.24) is 9.62 Å². The van der Waals surface area contributed by atoms with Gasteiger partial charge in [-0.05, 0) is 68.1 Å². The smallest absolute Gasteiger partial charge is 0.261 e. The molecule has 1 aliphatic rings. The zero-order valence-electron chi connectivity index (χ0n) is 18.0. The summed E-state index contributed by atoms with van der Waals surface area (Å²) in [6.07, 6.45) is 1.78. The number of amides is 1. The number of hydrogen-bond acceptors (Lipinski definition) is 5. The normalized spacial score (nSPS) is 15.4. The fraction of sp³-hybridized carbons (Fsp3) is 0.435. The van der Waals surface area contributed by atoms with Crippen LogP contribution in [0.4, 0.5) is 0 Å². The van der Waals surface area contributed by atoms with E-state index in [1.54, 1.807) is 24.3 Å². The highest BCUT2D eigenvalue weighted by Crippen LogP contribution is 2.23. The van der Waals surface area contributed by atoms with Crippen molar-refractivity contribution in [1.29, 1.82) is 0 Å². The Morgan fingerprint density at radius 1 is 1.10 bits per heavy atom. The largest absolute Gasteiger partial charge is 0.492 e. The van der Waals surface area contributed by atoms with E-state index >= 15 is 0 Å². The molecule has 3 rings (SSSR count). The molecular formula is C23H30N2O5S. The van der Waals surface area contributed by atoms with Crippen molar-refractivity contribution in [2.75, 3.05) is 26.2 Å². The fourth-order valence-corrected chi connectivity index (χ4v) is 4.93. The van der Waals surface area contributed by atoms with Crippen molar-refractivity contribution in [3.8, 4) is 11.5 Å². The second-order valence-corrected chi connectivity index (χ2v) is 9.49. The Hall–Kier alpha value is -2.58. The summed E-state index contributed by atoms with van der Waals surface area (Å²) >= 11 is 0. The number of nitrogens with one attached hydrogen (secondary N) is 1. The third-order valence-electron chi connectivity index (χ3n) is 5.13. The summed E-state index contributed by atoms with van der Waals surface area (Å²) < 4.78 is 38.0. The van der Waals surface area contributed by atoms with E-state index in [0.717, 1.165) is 18.4 Å². The van der Waals surface area contributed by atoms with Crippen LogP contribution >= 0.6 is 0 Å². The van der Waals surface area contributed by atoms with Crippen molar-refractivity contribution < 1.29 is 22.7 Å². The minimum atomic E-state index is -3.43. The van der Waals surface area contributed by atoms with E-state index in [1.807, 2.05) is 38.1 Å². The maximum atomic E-state index is 12.5. The number of benzene rings is 2. The molecule has 0 aromatic heterocycles. The molecule has 1 atom stereocenters. The van der Waals surface area contributed by atoms with Crippen LogP contribution in [0.15, 0.2) is 53.4 Å². The molecule has 1 heterocycles. The average molecular weight is 447 g/mol. The van der Waals surface area contributed by atoms with Gasteiger partial charge in [-0.1, -0.05) is 19.1 Å². The summed E-state index contributed by atoms with van der Waals surface area (Å²) in [6, 6.07) is 14.0. The number of rotatable bonds is 10. The van der Waals surface area contributed by atoms with Gasteiger partial charge in [-0.3, -0.25) is 4.79 Å². The average Bonchev–Trinajstić information content (AvgIpc) is 3.31. The standard InChI is InChI=1S/C23H30N2O5S/c1-3-22(30-20-8-6-7-18(2)17-20)23(26)24-13-16-29-19-9-11-21(12-10-19)31(27,28)25-14-4-5-15-25/h6-12,17,22H,3-5,13-16H2,1-2H3,(H,24,26)/t22-/m1/s1. The third kappa shape index (κ3) is 6.21. The van der Waals surface area contributed by atoms with Gasteiger partial charge in [0.05, 0.1) is 11.4 Å². The van der Waals surface area contributed by atoms with Gasteiger partial charge < -0.3 is 14.8 Å². The van der Waals surface area contributed by atoms with Crippen LogP contribution in [0.2, 0.25) is 0 Å². The molecule has 0 unspecified atom stereocenters. The van der Waals surface area contributed by atoms with E-state index < -0.39 is 16.1 Å². The molecular weight excluding hydrogens is 416 g/mol. The number of ether oxygens (including phenoxy) is 2. The molecule has 1 amide bonds. The lowest BCUT2D eigenvalue weighted by Gasteiger charge is -2.18. The molecule has 0 aliphatic carbocycles. The highest BCUT2D eigenvalue weighted by atomic mass is 32.2. The minimum absolute atomic E-state index is 0.195. The van der Waals surface area contributed by atoms with E-state index in [9.17, 15) is 13.2 Å². The number of aryl methyl sites for hydroxylation is 1. The van der Waals surface area contributed by atoms with E-state index in [0.29, 0.717) is 37.6 Å². The summed E-state index contributed by atoms with van der Waals surface area (Å²) in [5, 5.41) is 2.82. The van der Waals surface area contributed by atoms with Gasteiger partial charge in [-0.2, -0.15) is 4.31 Å². The monoisotopic (exact) mass is 446 g/mol. The quantitative estimate of drug-likeness (QED) is 0.567. The second kappa shape index (κ2) is 10.6. The summed E-state index contributed by atoms with van der Waals surface area (Å²) in [4.78, 5) is 12.7. The molecule has 0 radical (unpaired) electrons. The van der Waals surface area contributed by atoms with Crippen LogP contribution in [0, 0.1) is 6.92 Å². The van der Waals surface area contributed by atoms with E-state index in [1.165, 1.54) is 4.31 Å². The van der Waals surface area contributed by atoms with Gasteiger partial charge in [-0.25, -0.2) is 8.42 Å². The third-order valence-corrected chi connectivity index (χ3v) is 7.04. The zero-order valence-corrected chi connectivity index (χ0v) is 18.9. The maximum absolute atomic E-state index is 12.5. The molecule has 168 valence electrons. The molecule has 0 spiro atoms. The second-order valence-electron chi connectivity index (χ2n) is 7.55. The highest BCUT2D eigenvalue weighted by Gasteiger charge is 2.27. The number of carbonyl (C=O) groups is 1. The van der Waals surface area contributed by atoms with Crippen molar-refractivity contribution >= 4 is 15.9 Å². The number of sulfonamides is 1. The van der Waals surface area contributed by atoms with Crippen LogP contribution in [-0.2, 0) is 14.8 Å². The van der Waals surface area contributed by atoms with E-state index in [4.69, 9.17) is 9.47 Å². The number of hydrogen-bond donors (Lipinski definition) is 1. The van der Waals surface area contributed by atoms with Crippen LogP contribution in [0.3, 0.4) is 0 Å². The Morgan fingerprint density at radius 3 is 2.45 bits per heavy atom. The topological polar surface area (TPSA) is 84.9 Å². The van der Waals surface area contributed by atoms with Gasteiger partial charge in [-0.15, -0.1) is 0 Å². The molecule has 7 nitrogen and oxygen atoms in total. The zero-order chi connectivity index (χ0) is 22.3. The lowest BCUT2D eigenvalue weighted by Crippen LogP contribution is -2.39. The highest BCUT2D eigenvalue weighted by molar-refractivity contribution is 7.89. The van der Waals surface area contributed by atoms with E-state index in [2.05, 4.69) is 5.32 Å². The van der Waals surface area contributed by atoms with Gasteiger partial charge in [0.1, 0.15) is 18.1 Å². The van der Waals surface area contributed by atoms with Crippen molar-refractivity contribution in [3.63, 3.8) is 0 Å². The first-order valence-corrected chi connectivity index (χ1v) is 12.1. The van der Waals surface area contributed by atoms with Crippen LogP contribution in [0.5, 0.6) is 11.5 Å². The molecule has 2 aromatic carbocycles. The Labute approximate surface area is 184 Å². The van der Waals surface area contributed by atoms with Crippen molar-refractivity contribution in [2.45, 2.75) is 44.1 Å². The molecule has 0 saturated carbocycles. The Balaban J connectivity index is 1.45. The van der Waals surface area contributed by atoms with Gasteiger partial charge in [0.15, 0.2) is 6.10 Å². The molecule has 1 aliphatic heterocycles. The molecule has 8 heteroatoms. The number of carbonyl (C=O) groups excluding carboxylic acids is 1. The predicted molar refractivity (Wildman–Crippen MR) is 119 cm³/mol. The van der Waals surface area contributed by atoms with Gasteiger partial charge in [0.2, 0.25) is 10.0 Å². The lowest BCUT2D eigenvalue weighted by molar-refractivity contribution is -0.128.